The van der Waals surface area contributed by atoms with Crippen molar-refractivity contribution in [3.63, 3.8) is 0 Å². The molecule has 20 atom stereocenters. The molecule has 4 fully saturated rings. The molecule has 37 nitrogen and oxygen atoms in total. The summed E-state index contributed by atoms with van der Waals surface area (Å²) in [4.78, 5) is 127. The van der Waals surface area contributed by atoms with Crippen molar-refractivity contribution in [1.82, 2.24) is 10.6 Å². The summed E-state index contributed by atoms with van der Waals surface area (Å²) in [5.74, 6) is -7.43. The van der Waals surface area contributed by atoms with Crippen molar-refractivity contribution in [1.29, 1.82) is 0 Å². The van der Waals surface area contributed by atoms with E-state index < -0.39 is 215 Å². The van der Waals surface area contributed by atoms with E-state index in [4.69, 9.17) is 154 Å². The molecule has 0 saturated carbocycles. The predicted molar refractivity (Wildman–Crippen MR) is 420 cm³/mol. The van der Waals surface area contributed by atoms with Gasteiger partial charge in [-0.05, 0) is 94.8 Å². The lowest BCUT2D eigenvalue weighted by atomic mass is 9.96. The largest absolute Gasteiger partial charge is 0.463 e. The van der Waals surface area contributed by atoms with Crippen molar-refractivity contribution in [2.45, 2.75) is 212 Å². The Balaban J connectivity index is -0.000000101. The fourth-order valence-electron chi connectivity index (χ4n) is 11.5. The number of rotatable bonds is 25. The first kappa shape index (κ1) is 65.4. The van der Waals surface area contributed by atoms with Crippen LogP contribution in [0.25, 0.3) is 22.3 Å². The minimum Gasteiger partial charge on any atom is -0.463 e. The van der Waals surface area contributed by atoms with E-state index >= 15 is 0 Å². The molecule has 2 unspecified atom stereocenters. The van der Waals surface area contributed by atoms with Crippen LogP contribution in [0.5, 0.6) is 11.5 Å². The molecule has 4 aliphatic rings. The Morgan fingerprint density at radius 2 is 0.726 bits per heavy atom. The molecule has 4 heterocycles. The van der Waals surface area contributed by atoms with Gasteiger partial charge in [-0.1, -0.05) is 36.4 Å². The second kappa shape index (κ2) is 45.0. The van der Waals surface area contributed by atoms with E-state index in [-0.39, 0.29) is 23.3 Å². The van der Waals surface area contributed by atoms with Gasteiger partial charge in [-0.3, -0.25) is 52.7 Å². The highest BCUT2D eigenvalue weighted by Gasteiger charge is 2.55. The van der Waals surface area contributed by atoms with Crippen LogP contribution in [-0.4, -0.2) is 274 Å². The first-order valence-corrected chi connectivity index (χ1v) is 34.9. The monoisotopic (exact) mass is 1740 g/mol. The zero-order valence-electron chi connectivity index (χ0n) is 105. The average molecular weight is 1740 g/mol. The van der Waals surface area contributed by atoms with Crippen molar-refractivity contribution in [3.8, 4) is 33.8 Å². The SMILES string of the molecule is CC(=O)NCCc1ccc(O[C@H]2O[C@H](CO)[C@@H](O)[C@H](O)[C@@H]2O)cc1-c1cccc(F)c1.CC(=O)NCCc1ccc(O[C@H]2O[C@H](COC(C)=O)[C@@H](OC(C)=O)[C@H](OC(C)=O)[C@@H]2OC(C)=O)cc1-c1cccc(F)c1.CC(=O)OC[C@H]1OC(OC(C)=O)[C@@H](OC(C)=O)[C@@H](OC(C)=O)[C@@H]1OC(C)=O.OC[C@H]1OC(O)[C@@H](O)[C@@H](O)[C@@H]1O.[3H][3H].[3H][3H].[3H][3H].[3H][3H].[3H][3H].[3H][3H].[3H][3H].[3H][3H].[3H][3H].[3H][3H].[3H][3H].[3H][3H].[3H][3H].[3H][3H].[3H][3H].[3H][3H].[3H][3H].[3H][3H].[3H][3H].[3H][3H].[3H][3H]. The molecule has 666 valence electrons. The van der Waals surface area contributed by atoms with Crippen LogP contribution in [0.4, 0.5) is 8.78 Å². The van der Waals surface area contributed by atoms with Crippen LogP contribution in [0.1, 0.15) is 150 Å². The average Bonchev–Trinajstić information content (AvgIpc) is 0.783. The topological polar surface area (TPSA) is 532 Å². The normalized spacial score (nSPS) is 28.3. The summed E-state index contributed by atoms with van der Waals surface area (Å²) in [6.45, 7) is 11.7. The van der Waals surface area contributed by atoms with E-state index in [1.54, 1.807) is 60.7 Å². The Morgan fingerprint density at radius 1 is 0.381 bits per heavy atom. The van der Waals surface area contributed by atoms with E-state index in [1.807, 2.05) is 0 Å². The lowest BCUT2D eigenvalue weighted by molar-refractivity contribution is -0.300. The maximum absolute atomic E-state index is 14.2. The number of aliphatic hydroxyl groups is 9. The van der Waals surface area contributed by atoms with Gasteiger partial charge in [0.2, 0.25) is 42.9 Å². The van der Waals surface area contributed by atoms with Gasteiger partial charge in [0.05, 0.1) is 13.2 Å². The molecule has 11 N–H and O–H groups in total. The third-order valence-electron chi connectivity index (χ3n) is 16.4. The summed E-state index contributed by atoms with van der Waals surface area (Å²) in [7, 11) is 0. The van der Waals surface area contributed by atoms with Gasteiger partial charge in [-0.15, -0.1) is 0 Å². The van der Waals surface area contributed by atoms with E-state index in [1.165, 1.54) is 45.0 Å². The van der Waals surface area contributed by atoms with Crippen molar-refractivity contribution >= 4 is 65.5 Å². The van der Waals surface area contributed by atoms with Gasteiger partial charge < -0.3 is 128 Å². The van der Waals surface area contributed by atoms with E-state index in [0.29, 0.717) is 48.2 Å². The van der Waals surface area contributed by atoms with Crippen LogP contribution in [0, 0.1) is 11.6 Å². The van der Waals surface area contributed by atoms with Crippen LogP contribution in [0.2, 0.25) is 0 Å². The quantitative estimate of drug-likeness (QED) is 0.0320. The predicted octanol–water partition coefficient (Wildman–Crippen LogP) is 4.56. The maximum atomic E-state index is 14.2. The second-order valence-corrected chi connectivity index (χ2v) is 25.5. The Morgan fingerprint density at radius 3 is 1.10 bits per heavy atom. The van der Waals surface area contributed by atoms with Crippen LogP contribution in [0.15, 0.2) is 84.9 Å². The van der Waals surface area contributed by atoms with Crippen LogP contribution in [-0.2, 0) is 127 Å². The highest BCUT2D eigenvalue weighted by Crippen LogP contribution is 2.37. The van der Waals surface area contributed by atoms with Gasteiger partial charge in [0.1, 0.15) is 97.4 Å². The molecule has 4 aliphatic heterocycles. The number of carbonyl (C=O) groups is 11. The molecule has 4 saturated heterocycles. The molecule has 0 aliphatic carbocycles. The van der Waals surface area contributed by atoms with Gasteiger partial charge >= 0.3 is 53.7 Å². The molecule has 0 aromatic heterocycles. The molecule has 39 heteroatoms. The highest BCUT2D eigenvalue weighted by molar-refractivity contribution is 5.75. The van der Waals surface area contributed by atoms with Crippen molar-refractivity contribution in [2.75, 3.05) is 39.5 Å². The number of hydrogen-bond acceptors (Lipinski definition) is 35. The number of benzene rings is 4. The maximum Gasteiger partial charge on any atom is 0.305 e. The molecular weight excluding hydrogens is 1510 g/mol. The van der Waals surface area contributed by atoms with E-state index in [2.05, 4.69) is 15.4 Å². The van der Waals surface area contributed by atoms with E-state index in [9.17, 15) is 81.9 Å². The number of nitrogens with one attached hydrogen (secondary N) is 2. The fourth-order valence-corrected chi connectivity index (χ4v) is 11.5. The molecule has 8 rings (SSSR count). The summed E-state index contributed by atoms with van der Waals surface area (Å²) in [5, 5.41) is 89.5. The highest BCUT2D eigenvalue weighted by atomic mass is 19.1. The summed E-state index contributed by atoms with van der Waals surface area (Å²) < 4.78 is 318. The smallest absolute Gasteiger partial charge is 0.305 e. The Bertz CT molecular complexity index is 4010. The van der Waals surface area contributed by atoms with Crippen molar-refractivity contribution in [3.05, 3.63) is 108 Å². The Hall–Kier alpha value is -10.0. The zero-order chi connectivity index (χ0) is 126. The van der Waals surface area contributed by atoms with Gasteiger partial charge in [-0.25, -0.2) is 8.78 Å². The summed E-state index contributed by atoms with van der Waals surface area (Å²) >= 11 is 0. The zero-order valence-corrected chi connectivity index (χ0v) is 63.2. The molecule has 2 amide bonds. The van der Waals surface area contributed by atoms with Gasteiger partial charge in [0.25, 0.3) is 0 Å². The minimum absolute atomic E-state index is 0.158. The summed E-state index contributed by atoms with van der Waals surface area (Å²) in [5.41, 5.74) is 3.98. The molecule has 113 heavy (non-hydrogen) atoms. The number of amides is 2. The lowest BCUT2D eigenvalue weighted by Gasteiger charge is -2.43. The van der Waals surface area contributed by atoms with Crippen LogP contribution in [0.3, 0.4) is 0 Å². The van der Waals surface area contributed by atoms with Gasteiger partial charge in [0, 0.05) is 152 Å². The molecule has 4 aromatic carbocycles. The summed E-state index contributed by atoms with van der Waals surface area (Å²) in [6.07, 6.45) is -26.6. The molecule has 0 spiro atoms. The van der Waals surface area contributed by atoms with Crippen LogP contribution < -0.4 is 20.1 Å². The second-order valence-electron chi connectivity index (χ2n) is 25.5. The van der Waals surface area contributed by atoms with Gasteiger partial charge in [0.15, 0.2) is 30.7 Å². The molecule has 4 aromatic rings. The minimum atomic E-state index is -1.57. The fraction of sp³-hybridized carbons (Fsp3) is 0.527. The van der Waals surface area contributed by atoms with E-state index in [0.717, 1.165) is 66.5 Å². The third kappa shape index (κ3) is 29.5. The standard InChI is InChI=1S/C30H34FNO11.C22H26FNO7.C16H22O11.C6H12O6.21H2/c1-16(33)32-12-11-21-9-10-24(14-25(21)22-7-6-8-23(31)13-22)42-30-29(41-20(5)37)28(40-19(4)36)27(39-18(3)35)26(43-30)15-38-17(2)34;1-12(26)24-8-7-13-5-6-16(10-17(13)14-3-2-4-15(23)9-14)30-22-21(29)20(28)19(27)18(11-25)31-22;1-7(17)22-6-12-13(23-8(2)18)14(24-9(3)19)15(25-10(4)20)16(27-12)26-11(5)21;7-1-2-3(8)4(9)5(10)6(11)12-2;;;;;;;;;;;;;;;;;;;;;/h6-10,13-14,26-30H,11-12,15H2,1-5H3,(H,32,33);2-6,9-10,18-22,25,27-29H,7-8,11H2,1H3,(H,24,26);12-16H,6H2,1-5H3;2-11H,1H2;21*1H/t26-,27-,28+,29+,30+;18-,19-,20+,21+,22+;12-,13-,14+,15+,16?;2-,3-,4+,5+,6?;;;;;;;;;;;;;;;;;;;;;/m1111...................../s1/i;;;;21*1+2T. The molecule has 0 radical (unpaired) electrons. The molecule has 0 bridgehead atoms. The number of ether oxygens (including phenoxy) is 15. The number of aliphatic hydroxyl groups excluding tert-OH is 9. The first-order chi connectivity index (χ1) is 74.2. The Kier molecular flexibility index (Phi) is 26.1. The number of carbonyl (C=O) groups excluding carboxylic acids is 11. The summed E-state index contributed by atoms with van der Waals surface area (Å²) in [6, 6.07) is 21.9. The van der Waals surface area contributed by atoms with Crippen LogP contribution >= 0.6 is 0 Å². The lowest BCUT2D eigenvalue weighted by Crippen LogP contribution is -2.63. The molecular formula is C74H136F2N2O35. The number of hydrogen-bond donors (Lipinski definition) is 11. The Labute approximate surface area is 710 Å². The number of halogens is 2. The van der Waals surface area contributed by atoms with Crippen molar-refractivity contribution < 1.29 is 241 Å². The first-order valence-electron chi connectivity index (χ1n) is 55.9. The van der Waals surface area contributed by atoms with Gasteiger partial charge in [-0.2, -0.15) is 0 Å². The van der Waals surface area contributed by atoms with Crippen molar-refractivity contribution in [2.24, 2.45) is 0 Å². The third-order valence-corrected chi connectivity index (χ3v) is 16.4. The number of esters is 9.